The molecule has 0 aliphatic heterocycles. The van der Waals surface area contributed by atoms with Crippen molar-refractivity contribution in [2.75, 3.05) is 13.1 Å². The first-order valence-electron chi connectivity index (χ1n) is 5.81. The minimum Gasteiger partial charge on any atom is -0.389 e. The zero-order valence-corrected chi connectivity index (χ0v) is 10.6. The van der Waals surface area contributed by atoms with E-state index in [1.54, 1.807) is 0 Å². The second kappa shape index (κ2) is 5.41. The van der Waals surface area contributed by atoms with Crippen molar-refractivity contribution in [1.82, 2.24) is 9.88 Å². The van der Waals surface area contributed by atoms with Crippen molar-refractivity contribution in [2.45, 2.75) is 39.3 Å². The van der Waals surface area contributed by atoms with Gasteiger partial charge in [-0.15, -0.1) is 0 Å². The standard InChI is InChI=1S/C13H22N2O/c1-5-15(10-13(3,4)16)11(2)12-8-6-7-9-14-12/h6-9,11,16H,5,10H2,1-4H3/t11-/m1/s1. The fourth-order valence-corrected chi connectivity index (χ4v) is 1.83. The number of aromatic nitrogens is 1. The molecule has 0 saturated carbocycles. The van der Waals surface area contributed by atoms with Crippen LogP contribution < -0.4 is 0 Å². The molecule has 1 rings (SSSR count). The van der Waals surface area contributed by atoms with Crippen molar-refractivity contribution in [2.24, 2.45) is 0 Å². The summed E-state index contributed by atoms with van der Waals surface area (Å²) in [5.41, 5.74) is 0.382. The van der Waals surface area contributed by atoms with Crippen molar-refractivity contribution in [1.29, 1.82) is 0 Å². The summed E-state index contributed by atoms with van der Waals surface area (Å²) in [5.74, 6) is 0. The van der Waals surface area contributed by atoms with Gasteiger partial charge in [-0.3, -0.25) is 9.88 Å². The van der Waals surface area contributed by atoms with Gasteiger partial charge in [-0.05, 0) is 39.4 Å². The maximum atomic E-state index is 9.85. The molecule has 0 aliphatic rings. The van der Waals surface area contributed by atoms with E-state index in [0.29, 0.717) is 6.54 Å². The van der Waals surface area contributed by atoms with Crippen molar-refractivity contribution in [3.8, 4) is 0 Å². The fourth-order valence-electron chi connectivity index (χ4n) is 1.83. The van der Waals surface area contributed by atoms with E-state index in [-0.39, 0.29) is 6.04 Å². The normalized spacial score (nSPS) is 14.1. The van der Waals surface area contributed by atoms with Gasteiger partial charge in [0.05, 0.1) is 11.3 Å². The molecule has 3 heteroatoms. The average molecular weight is 222 g/mol. The summed E-state index contributed by atoms with van der Waals surface area (Å²) in [4.78, 5) is 6.58. The molecule has 3 nitrogen and oxygen atoms in total. The minimum atomic E-state index is -0.668. The molecule has 0 aromatic carbocycles. The van der Waals surface area contributed by atoms with Gasteiger partial charge < -0.3 is 5.11 Å². The first-order valence-corrected chi connectivity index (χ1v) is 5.81. The van der Waals surface area contributed by atoms with Gasteiger partial charge in [0.1, 0.15) is 0 Å². The topological polar surface area (TPSA) is 36.4 Å². The Kier molecular flexibility index (Phi) is 4.44. The molecule has 0 fully saturated rings. The SMILES string of the molecule is CCN(CC(C)(C)O)[C@H](C)c1ccccn1. The van der Waals surface area contributed by atoms with Crippen LogP contribution in [0.15, 0.2) is 24.4 Å². The molecule has 0 saturated heterocycles. The Bertz CT molecular complexity index is 305. The third-order valence-corrected chi connectivity index (χ3v) is 2.66. The molecule has 0 aliphatic carbocycles. The Balaban J connectivity index is 2.74. The van der Waals surface area contributed by atoms with Gasteiger partial charge in [0.2, 0.25) is 0 Å². The Morgan fingerprint density at radius 1 is 1.44 bits per heavy atom. The predicted molar refractivity (Wildman–Crippen MR) is 66.2 cm³/mol. The zero-order chi connectivity index (χ0) is 12.2. The highest BCUT2D eigenvalue weighted by Gasteiger charge is 2.22. The highest BCUT2D eigenvalue weighted by atomic mass is 16.3. The van der Waals surface area contributed by atoms with Gasteiger partial charge in [-0.2, -0.15) is 0 Å². The van der Waals surface area contributed by atoms with Gasteiger partial charge in [-0.1, -0.05) is 13.0 Å². The van der Waals surface area contributed by atoms with Gasteiger partial charge >= 0.3 is 0 Å². The average Bonchev–Trinajstić information content (AvgIpc) is 2.25. The van der Waals surface area contributed by atoms with Crippen LogP contribution in [0.25, 0.3) is 0 Å². The molecular weight excluding hydrogens is 200 g/mol. The first kappa shape index (κ1) is 13.1. The number of nitrogens with zero attached hydrogens (tertiary/aromatic N) is 2. The summed E-state index contributed by atoms with van der Waals surface area (Å²) in [5, 5.41) is 9.85. The summed E-state index contributed by atoms with van der Waals surface area (Å²) in [6.45, 7) is 9.45. The summed E-state index contributed by atoms with van der Waals surface area (Å²) in [7, 11) is 0. The molecule has 1 N–H and O–H groups in total. The molecule has 1 atom stereocenters. The molecule has 1 aromatic rings. The molecule has 0 amide bonds. The van der Waals surface area contributed by atoms with Crippen molar-refractivity contribution >= 4 is 0 Å². The fraction of sp³-hybridized carbons (Fsp3) is 0.615. The summed E-state index contributed by atoms with van der Waals surface area (Å²) < 4.78 is 0. The van der Waals surface area contributed by atoms with Crippen LogP contribution in [0.5, 0.6) is 0 Å². The number of hydrogen-bond donors (Lipinski definition) is 1. The van der Waals surface area contributed by atoms with E-state index in [1.165, 1.54) is 0 Å². The van der Waals surface area contributed by atoms with Crippen molar-refractivity contribution in [3.05, 3.63) is 30.1 Å². The Labute approximate surface area is 98.1 Å². The lowest BCUT2D eigenvalue weighted by atomic mass is 10.1. The first-order chi connectivity index (χ1) is 7.44. The van der Waals surface area contributed by atoms with E-state index in [1.807, 2.05) is 38.2 Å². The quantitative estimate of drug-likeness (QED) is 0.830. The highest BCUT2D eigenvalue weighted by Crippen LogP contribution is 2.19. The van der Waals surface area contributed by atoms with Crippen LogP contribution in [0.1, 0.15) is 39.4 Å². The number of pyridine rings is 1. The van der Waals surface area contributed by atoms with Crippen LogP contribution in [0.3, 0.4) is 0 Å². The number of rotatable bonds is 5. The lowest BCUT2D eigenvalue weighted by molar-refractivity contribution is 0.0243. The summed E-state index contributed by atoms with van der Waals surface area (Å²) in [6.07, 6.45) is 1.81. The maximum absolute atomic E-state index is 9.85. The second-order valence-electron chi connectivity index (χ2n) is 4.81. The van der Waals surface area contributed by atoms with Crippen LogP contribution in [-0.4, -0.2) is 33.7 Å². The van der Waals surface area contributed by atoms with Crippen molar-refractivity contribution in [3.63, 3.8) is 0 Å². The minimum absolute atomic E-state index is 0.234. The third kappa shape index (κ3) is 3.91. The molecule has 0 bridgehead atoms. The molecule has 16 heavy (non-hydrogen) atoms. The van der Waals surface area contributed by atoms with Crippen LogP contribution in [0.4, 0.5) is 0 Å². The smallest absolute Gasteiger partial charge is 0.0718 e. The zero-order valence-electron chi connectivity index (χ0n) is 10.6. The number of likely N-dealkylation sites (N-methyl/N-ethyl adjacent to an activating group) is 1. The second-order valence-corrected chi connectivity index (χ2v) is 4.81. The van der Waals surface area contributed by atoms with Crippen LogP contribution in [0, 0.1) is 0 Å². The lowest BCUT2D eigenvalue weighted by Crippen LogP contribution is -2.40. The van der Waals surface area contributed by atoms with Gasteiger partial charge in [0, 0.05) is 18.8 Å². The summed E-state index contributed by atoms with van der Waals surface area (Å²) in [6, 6.07) is 6.18. The summed E-state index contributed by atoms with van der Waals surface area (Å²) >= 11 is 0. The van der Waals surface area contributed by atoms with E-state index < -0.39 is 5.60 Å². The van der Waals surface area contributed by atoms with E-state index in [9.17, 15) is 5.11 Å². The van der Waals surface area contributed by atoms with Crippen LogP contribution in [-0.2, 0) is 0 Å². The number of hydrogen-bond acceptors (Lipinski definition) is 3. The maximum Gasteiger partial charge on any atom is 0.0718 e. The monoisotopic (exact) mass is 222 g/mol. The largest absolute Gasteiger partial charge is 0.389 e. The van der Waals surface area contributed by atoms with Crippen molar-refractivity contribution < 1.29 is 5.11 Å². The Hall–Kier alpha value is -0.930. The van der Waals surface area contributed by atoms with E-state index in [0.717, 1.165) is 12.2 Å². The molecular formula is C13H22N2O. The Morgan fingerprint density at radius 3 is 2.56 bits per heavy atom. The lowest BCUT2D eigenvalue weighted by Gasteiger charge is -2.32. The van der Waals surface area contributed by atoms with E-state index >= 15 is 0 Å². The van der Waals surface area contributed by atoms with E-state index in [2.05, 4.69) is 23.7 Å². The predicted octanol–water partition coefficient (Wildman–Crippen LogP) is 2.24. The molecule has 0 radical (unpaired) electrons. The van der Waals surface area contributed by atoms with Crippen LogP contribution in [0.2, 0.25) is 0 Å². The molecule has 0 spiro atoms. The Morgan fingerprint density at radius 2 is 2.12 bits per heavy atom. The molecule has 0 unspecified atom stereocenters. The van der Waals surface area contributed by atoms with Crippen LogP contribution >= 0.6 is 0 Å². The van der Waals surface area contributed by atoms with Gasteiger partial charge in [-0.25, -0.2) is 0 Å². The molecule has 1 aromatic heterocycles. The van der Waals surface area contributed by atoms with E-state index in [4.69, 9.17) is 0 Å². The van der Waals surface area contributed by atoms with Gasteiger partial charge in [0.15, 0.2) is 0 Å². The molecule has 90 valence electrons. The van der Waals surface area contributed by atoms with Gasteiger partial charge in [0.25, 0.3) is 0 Å². The third-order valence-electron chi connectivity index (χ3n) is 2.66. The molecule has 1 heterocycles. The highest BCUT2D eigenvalue weighted by molar-refractivity contribution is 5.08. The number of aliphatic hydroxyl groups is 1.